The van der Waals surface area contributed by atoms with E-state index in [9.17, 15) is 0 Å². The minimum atomic E-state index is 0.211. The van der Waals surface area contributed by atoms with Crippen LogP contribution in [0.5, 0.6) is 0 Å². The Bertz CT molecular complexity index is 289. The summed E-state index contributed by atoms with van der Waals surface area (Å²) in [5, 5.41) is 0. The van der Waals surface area contributed by atoms with Gasteiger partial charge in [-0.2, -0.15) is 0 Å². The molecule has 0 saturated heterocycles. The zero-order valence-electron chi connectivity index (χ0n) is 9.06. The van der Waals surface area contributed by atoms with E-state index in [0.717, 1.165) is 12.8 Å². The largest absolute Gasteiger partial charge is 0.374 e. The summed E-state index contributed by atoms with van der Waals surface area (Å²) in [5.74, 6) is 0. The van der Waals surface area contributed by atoms with Gasteiger partial charge in [-0.05, 0) is 18.4 Å². The van der Waals surface area contributed by atoms with Crippen LogP contribution in [0.15, 0.2) is 55.6 Å². The molecule has 1 rings (SSSR count). The molecule has 1 unspecified atom stereocenters. The molecule has 0 saturated carbocycles. The lowest BCUT2D eigenvalue weighted by molar-refractivity contribution is 0.0771. The highest BCUT2D eigenvalue weighted by atomic mass is 16.5. The van der Waals surface area contributed by atoms with E-state index in [2.05, 4.69) is 25.3 Å². The van der Waals surface area contributed by atoms with Crippen LogP contribution in [-0.4, -0.2) is 12.7 Å². The molecule has 80 valence electrons. The summed E-state index contributed by atoms with van der Waals surface area (Å²) in [7, 11) is 0. The maximum atomic E-state index is 5.65. The number of hydrogen-bond donors (Lipinski definition) is 0. The minimum absolute atomic E-state index is 0.211. The van der Waals surface area contributed by atoms with Crippen molar-refractivity contribution in [3.05, 3.63) is 61.2 Å². The zero-order chi connectivity index (χ0) is 10.9. The third-order valence-electron chi connectivity index (χ3n) is 2.19. The van der Waals surface area contributed by atoms with Crippen LogP contribution >= 0.6 is 0 Å². The second kappa shape index (κ2) is 7.02. The van der Waals surface area contributed by atoms with Crippen LogP contribution < -0.4 is 0 Å². The molecule has 0 heterocycles. The quantitative estimate of drug-likeness (QED) is 0.616. The van der Waals surface area contributed by atoms with Crippen molar-refractivity contribution in [3.63, 3.8) is 0 Å². The third kappa shape index (κ3) is 4.61. The van der Waals surface area contributed by atoms with Crippen LogP contribution in [0.2, 0.25) is 0 Å². The van der Waals surface area contributed by atoms with Crippen LogP contribution in [0, 0.1) is 0 Å². The van der Waals surface area contributed by atoms with Gasteiger partial charge in [-0.3, -0.25) is 0 Å². The summed E-state index contributed by atoms with van der Waals surface area (Å²) in [6.45, 7) is 8.00. The molecule has 1 aromatic carbocycles. The van der Waals surface area contributed by atoms with E-state index < -0.39 is 0 Å². The van der Waals surface area contributed by atoms with Crippen molar-refractivity contribution in [2.75, 3.05) is 6.61 Å². The number of hydrogen-bond acceptors (Lipinski definition) is 1. The highest BCUT2D eigenvalue weighted by molar-refractivity contribution is 5.15. The molecule has 1 atom stereocenters. The molecule has 1 nitrogen and oxygen atoms in total. The second-order valence-electron chi connectivity index (χ2n) is 3.46. The van der Waals surface area contributed by atoms with E-state index in [-0.39, 0.29) is 6.10 Å². The highest BCUT2D eigenvalue weighted by Crippen LogP contribution is 2.09. The van der Waals surface area contributed by atoms with E-state index in [4.69, 9.17) is 4.74 Å². The van der Waals surface area contributed by atoms with Gasteiger partial charge in [-0.25, -0.2) is 0 Å². The van der Waals surface area contributed by atoms with E-state index in [1.54, 1.807) is 6.08 Å². The first-order chi connectivity index (χ1) is 7.36. The van der Waals surface area contributed by atoms with Gasteiger partial charge in [0.15, 0.2) is 0 Å². The molecule has 15 heavy (non-hydrogen) atoms. The fourth-order valence-electron chi connectivity index (χ4n) is 1.48. The van der Waals surface area contributed by atoms with Gasteiger partial charge in [-0.1, -0.05) is 42.5 Å². The summed E-state index contributed by atoms with van der Waals surface area (Å²) in [6, 6.07) is 10.4. The van der Waals surface area contributed by atoms with Crippen molar-refractivity contribution < 1.29 is 4.74 Å². The van der Waals surface area contributed by atoms with Gasteiger partial charge in [0.05, 0.1) is 12.7 Å². The smallest absolute Gasteiger partial charge is 0.0653 e. The van der Waals surface area contributed by atoms with Gasteiger partial charge in [0.25, 0.3) is 0 Å². The first kappa shape index (κ1) is 11.7. The Balaban J connectivity index is 2.50. The average molecular weight is 202 g/mol. The Hall–Kier alpha value is -1.34. The Labute approximate surface area is 92.1 Å². The lowest BCUT2D eigenvalue weighted by Crippen LogP contribution is -2.15. The Morgan fingerprint density at radius 3 is 2.47 bits per heavy atom. The minimum Gasteiger partial charge on any atom is -0.374 e. The van der Waals surface area contributed by atoms with E-state index in [0.29, 0.717) is 6.61 Å². The molecule has 0 spiro atoms. The fourth-order valence-corrected chi connectivity index (χ4v) is 1.48. The summed E-state index contributed by atoms with van der Waals surface area (Å²) in [4.78, 5) is 0. The van der Waals surface area contributed by atoms with Gasteiger partial charge in [0, 0.05) is 0 Å². The van der Waals surface area contributed by atoms with Crippen LogP contribution in [0.4, 0.5) is 0 Å². The number of ether oxygens (including phenoxy) is 1. The van der Waals surface area contributed by atoms with Crippen molar-refractivity contribution in [2.45, 2.75) is 18.9 Å². The van der Waals surface area contributed by atoms with Crippen LogP contribution in [0.1, 0.15) is 12.0 Å². The first-order valence-electron chi connectivity index (χ1n) is 5.24. The summed E-state index contributed by atoms with van der Waals surface area (Å²) >= 11 is 0. The molecule has 0 amide bonds. The normalized spacial score (nSPS) is 12.0. The van der Waals surface area contributed by atoms with Gasteiger partial charge < -0.3 is 4.74 Å². The summed E-state index contributed by atoms with van der Waals surface area (Å²) in [5.41, 5.74) is 1.30. The van der Waals surface area contributed by atoms with E-state index in [1.807, 2.05) is 24.3 Å². The molecule has 0 radical (unpaired) electrons. The lowest BCUT2D eigenvalue weighted by Gasteiger charge is -2.15. The van der Waals surface area contributed by atoms with Crippen LogP contribution in [0.25, 0.3) is 0 Å². The standard InChI is InChI=1S/C14H18O/c1-3-8-14(15-11-4-2)12-13-9-6-5-7-10-13/h3-7,9-10,14H,1-2,8,11-12H2. The maximum absolute atomic E-state index is 5.65. The molecule has 0 aliphatic rings. The molecule has 1 heteroatoms. The zero-order valence-corrected chi connectivity index (χ0v) is 9.06. The Morgan fingerprint density at radius 1 is 1.13 bits per heavy atom. The molecule has 0 aromatic heterocycles. The van der Waals surface area contributed by atoms with Crippen molar-refractivity contribution in [2.24, 2.45) is 0 Å². The third-order valence-corrected chi connectivity index (χ3v) is 2.19. The molecular formula is C14H18O. The second-order valence-corrected chi connectivity index (χ2v) is 3.46. The van der Waals surface area contributed by atoms with Crippen LogP contribution in [-0.2, 0) is 11.2 Å². The molecular weight excluding hydrogens is 184 g/mol. The molecule has 0 bridgehead atoms. The maximum Gasteiger partial charge on any atom is 0.0653 e. The molecule has 0 aliphatic carbocycles. The van der Waals surface area contributed by atoms with Gasteiger partial charge >= 0.3 is 0 Å². The van der Waals surface area contributed by atoms with E-state index >= 15 is 0 Å². The van der Waals surface area contributed by atoms with Crippen LogP contribution in [0.3, 0.4) is 0 Å². The highest BCUT2D eigenvalue weighted by Gasteiger charge is 2.06. The summed E-state index contributed by atoms with van der Waals surface area (Å²) in [6.07, 6.45) is 5.70. The predicted molar refractivity (Wildman–Crippen MR) is 64.9 cm³/mol. The van der Waals surface area contributed by atoms with Crippen molar-refractivity contribution in [3.8, 4) is 0 Å². The molecule has 0 N–H and O–H groups in total. The van der Waals surface area contributed by atoms with Gasteiger partial charge in [0.1, 0.15) is 0 Å². The average Bonchev–Trinajstić information content (AvgIpc) is 2.28. The van der Waals surface area contributed by atoms with Crippen molar-refractivity contribution >= 4 is 0 Å². The van der Waals surface area contributed by atoms with Gasteiger partial charge in [0.2, 0.25) is 0 Å². The molecule has 1 aromatic rings. The SMILES string of the molecule is C=CCOC(CC=C)Cc1ccccc1. The first-order valence-corrected chi connectivity index (χ1v) is 5.24. The number of benzene rings is 1. The Kier molecular flexibility index (Phi) is 5.49. The topological polar surface area (TPSA) is 9.23 Å². The monoisotopic (exact) mass is 202 g/mol. The summed E-state index contributed by atoms with van der Waals surface area (Å²) < 4.78 is 5.65. The van der Waals surface area contributed by atoms with Crippen molar-refractivity contribution in [1.82, 2.24) is 0 Å². The molecule has 0 fully saturated rings. The Morgan fingerprint density at radius 2 is 1.87 bits per heavy atom. The van der Waals surface area contributed by atoms with E-state index in [1.165, 1.54) is 5.56 Å². The lowest BCUT2D eigenvalue weighted by atomic mass is 10.1. The fraction of sp³-hybridized carbons (Fsp3) is 0.286. The number of rotatable bonds is 7. The van der Waals surface area contributed by atoms with Gasteiger partial charge in [-0.15, -0.1) is 13.2 Å². The predicted octanol–water partition coefficient (Wildman–Crippen LogP) is 3.38. The molecule has 0 aliphatic heterocycles. The van der Waals surface area contributed by atoms with Crippen molar-refractivity contribution in [1.29, 1.82) is 0 Å².